The molecule has 3 N–H and O–H groups in total. The van der Waals surface area contributed by atoms with E-state index in [4.69, 9.17) is 10.5 Å². The van der Waals surface area contributed by atoms with E-state index in [9.17, 15) is 0 Å². The molecule has 1 aromatic heterocycles. The van der Waals surface area contributed by atoms with Gasteiger partial charge in [0.25, 0.3) is 0 Å². The van der Waals surface area contributed by atoms with Crippen LogP contribution in [0.15, 0.2) is 16.7 Å². The van der Waals surface area contributed by atoms with Crippen LogP contribution in [-0.4, -0.2) is 24.7 Å². The van der Waals surface area contributed by atoms with Gasteiger partial charge in [-0.2, -0.15) is 0 Å². The molecular weight excluding hydrogens is 258 g/mol. The molecule has 0 spiro atoms. The third-order valence-corrected chi connectivity index (χ3v) is 3.05. The van der Waals surface area contributed by atoms with Gasteiger partial charge in [-0.05, 0) is 28.4 Å². The summed E-state index contributed by atoms with van der Waals surface area (Å²) in [6.07, 6.45) is 2.78. The number of anilines is 2. The van der Waals surface area contributed by atoms with E-state index in [0.29, 0.717) is 11.6 Å². The first-order valence-corrected chi connectivity index (χ1v) is 5.77. The minimum atomic E-state index is 0.594. The lowest BCUT2D eigenvalue weighted by atomic mass is 10.1. The molecule has 1 saturated heterocycles. The summed E-state index contributed by atoms with van der Waals surface area (Å²) in [5.41, 5.74) is 6.27. The van der Waals surface area contributed by atoms with E-state index < -0.39 is 0 Å². The molecule has 1 fully saturated rings. The lowest BCUT2D eigenvalue weighted by Crippen LogP contribution is -2.15. The Morgan fingerprint density at radius 3 is 3.20 bits per heavy atom. The first kappa shape index (κ1) is 10.7. The smallest absolute Gasteiger partial charge is 0.140 e. The highest BCUT2D eigenvalue weighted by atomic mass is 79.9. The monoisotopic (exact) mass is 271 g/mol. The Kier molecular flexibility index (Phi) is 3.43. The Morgan fingerprint density at radius 1 is 1.67 bits per heavy atom. The lowest BCUT2D eigenvalue weighted by molar-refractivity contribution is 0.187. The van der Waals surface area contributed by atoms with Crippen molar-refractivity contribution in [2.75, 3.05) is 30.8 Å². The number of nitrogen functional groups attached to an aromatic ring is 1. The van der Waals surface area contributed by atoms with Crippen molar-refractivity contribution in [1.82, 2.24) is 4.98 Å². The first-order valence-electron chi connectivity index (χ1n) is 4.98. The highest BCUT2D eigenvalue weighted by molar-refractivity contribution is 9.10. The molecule has 15 heavy (non-hydrogen) atoms. The van der Waals surface area contributed by atoms with E-state index in [1.807, 2.05) is 6.07 Å². The summed E-state index contributed by atoms with van der Waals surface area (Å²) < 4.78 is 6.21. The molecule has 0 saturated carbocycles. The molecule has 2 heterocycles. The number of hydrogen-bond acceptors (Lipinski definition) is 4. The zero-order valence-electron chi connectivity index (χ0n) is 8.37. The molecule has 1 aliphatic heterocycles. The van der Waals surface area contributed by atoms with Gasteiger partial charge < -0.3 is 15.8 Å². The third-order valence-electron chi connectivity index (χ3n) is 2.44. The summed E-state index contributed by atoms with van der Waals surface area (Å²) in [6, 6.07) is 1.85. The molecule has 1 atom stereocenters. The van der Waals surface area contributed by atoms with Gasteiger partial charge in [-0.3, -0.25) is 0 Å². The van der Waals surface area contributed by atoms with Crippen LogP contribution < -0.4 is 11.1 Å². The van der Waals surface area contributed by atoms with Gasteiger partial charge in [0.05, 0.1) is 23.0 Å². The summed E-state index contributed by atoms with van der Waals surface area (Å²) in [6.45, 7) is 2.62. The van der Waals surface area contributed by atoms with Crippen molar-refractivity contribution >= 4 is 27.4 Å². The highest BCUT2D eigenvalue weighted by Gasteiger charge is 2.15. The lowest BCUT2D eigenvalue weighted by Gasteiger charge is -2.11. The second kappa shape index (κ2) is 4.81. The molecule has 0 aromatic carbocycles. The van der Waals surface area contributed by atoms with Gasteiger partial charge >= 0.3 is 0 Å². The van der Waals surface area contributed by atoms with Crippen LogP contribution in [0.2, 0.25) is 0 Å². The summed E-state index contributed by atoms with van der Waals surface area (Å²) in [4.78, 5) is 4.21. The number of halogens is 1. The molecule has 2 rings (SSSR count). The van der Waals surface area contributed by atoms with E-state index in [0.717, 1.165) is 36.5 Å². The first-order chi connectivity index (χ1) is 7.25. The van der Waals surface area contributed by atoms with Gasteiger partial charge in [-0.15, -0.1) is 0 Å². The van der Waals surface area contributed by atoms with Gasteiger partial charge in [-0.25, -0.2) is 4.98 Å². The molecule has 1 aromatic rings. The molecule has 1 unspecified atom stereocenters. The molecule has 5 heteroatoms. The van der Waals surface area contributed by atoms with Gasteiger partial charge in [0.15, 0.2) is 0 Å². The van der Waals surface area contributed by atoms with Gasteiger partial charge in [-0.1, -0.05) is 0 Å². The van der Waals surface area contributed by atoms with Crippen LogP contribution in [0.4, 0.5) is 11.5 Å². The summed E-state index contributed by atoms with van der Waals surface area (Å²) in [7, 11) is 0. The predicted octanol–water partition coefficient (Wildman–Crippen LogP) is 1.87. The van der Waals surface area contributed by atoms with Crippen LogP contribution in [0.25, 0.3) is 0 Å². The van der Waals surface area contributed by atoms with Crippen molar-refractivity contribution in [2.24, 2.45) is 5.92 Å². The number of rotatable bonds is 3. The fourth-order valence-corrected chi connectivity index (χ4v) is 2.08. The van der Waals surface area contributed by atoms with Gasteiger partial charge in [0.1, 0.15) is 5.82 Å². The number of aromatic nitrogens is 1. The number of pyridine rings is 1. The number of nitrogens with zero attached hydrogens (tertiary/aromatic N) is 1. The van der Waals surface area contributed by atoms with Crippen LogP contribution in [0, 0.1) is 5.92 Å². The maximum atomic E-state index is 5.61. The Balaban J connectivity index is 1.92. The molecule has 0 aliphatic carbocycles. The number of nitrogens with one attached hydrogen (secondary N) is 1. The van der Waals surface area contributed by atoms with E-state index in [2.05, 4.69) is 26.2 Å². The molecule has 82 valence electrons. The highest BCUT2D eigenvalue weighted by Crippen LogP contribution is 2.22. The zero-order valence-corrected chi connectivity index (χ0v) is 9.96. The second-order valence-corrected chi connectivity index (χ2v) is 4.56. The quantitative estimate of drug-likeness (QED) is 0.882. The van der Waals surface area contributed by atoms with Crippen molar-refractivity contribution in [2.45, 2.75) is 6.42 Å². The Bertz CT molecular complexity index is 339. The number of nitrogens with two attached hydrogens (primary N) is 1. The average Bonchev–Trinajstić information content (AvgIpc) is 2.69. The van der Waals surface area contributed by atoms with E-state index in [1.165, 1.54) is 0 Å². The average molecular weight is 272 g/mol. The van der Waals surface area contributed by atoms with Crippen LogP contribution in [-0.2, 0) is 4.74 Å². The van der Waals surface area contributed by atoms with Gasteiger partial charge in [0, 0.05) is 19.1 Å². The predicted molar refractivity (Wildman–Crippen MR) is 63.8 cm³/mol. The van der Waals surface area contributed by atoms with E-state index >= 15 is 0 Å². The largest absolute Gasteiger partial charge is 0.397 e. The van der Waals surface area contributed by atoms with E-state index in [1.54, 1.807) is 6.20 Å². The minimum absolute atomic E-state index is 0.594. The van der Waals surface area contributed by atoms with E-state index in [-0.39, 0.29) is 0 Å². The summed E-state index contributed by atoms with van der Waals surface area (Å²) in [5, 5.41) is 3.29. The maximum absolute atomic E-state index is 5.61. The van der Waals surface area contributed by atoms with Crippen LogP contribution in [0.5, 0.6) is 0 Å². The maximum Gasteiger partial charge on any atom is 0.140 e. The number of ether oxygens (including phenoxy) is 1. The Hall–Kier alpha value is -0.810. The van der Waals surface area contributed by atoms with Crippen LogP contribution in [0.1, 0.15) is 6.42 Å². The molecule has 1 aliphatic rings. The topological polar surface area (TPSA) is 60.2 Å². The van der Waals surface area contributed by atoms with Gasteiger partial charge in [0.2, 0.25) is 0 Å². The molecule has 0 amide bonds. The minimum Gasteiger partial charge on any atom is -0.397 e. The second-order valence-electron chi connectivity index (χ2n) is 3.71. The van der Waals surface area contributed by atoms with Crippen molar-refractivity contribution in [1.29, 1.82) is 0 Å². The standard InChI is InChI=1S/C10H14BrN3O/c11-9-3-8(12)5-14-10(9)13-4-7-1-2-15-6-7/h3,5,7H,1-2,4,6,12H2,(H,13,14). The van der Waals surface area contributed by atoms with Crippen molar-refractivity contribution in [3.63, 3.8) is 0 Å². The normalized spacial score (nSPS) is 20.5. The Labute approximate surface area is 97.3 Å². The molecular formula is C10H14BrN3O. The van der Waals surface area contributed by atoms with Crippen LogP contribution in [0.3, 0.4) is 0 Å². The fraction of sp³-hybridized carbons (Fsp3) is 0.500. The zero-order chi connectivity index (χ0) is 10.7. The summed E-state index contributed by atoms with van der Waals surface area (Å²) >= 11 is 3.42. The fourth-order valence-electron chi connectivity index (χ4n) is 1.57. The molecule has 4 nitrogen and oxygen atoms in total. The van der Waals surface area contributed by atoms with Crippen LogP contribution >= 0.6 is 15.9 Å². The van der Waals surface area contributed by atoms with Crippen molar-refractivity contribution < 1.29 is 4.74 Å². The third kappa shape index (κ3) is 2.82. The number of hydrogen-bond donors (Lipinski definition) is 2. The SMILES string of the molecule is Nc1cnc(NCC2CCOC2)c(Br)c1. The molecule has 0 radical (unpaired) electrons. The van der Waals surface area contributed by atoms with Crippen molar-refractivity contribution in [3.8, 4) is 0 Å². The summed E-state index contributed by atoms with van der Waals surface area (Å²) in [5.74, 6) is 1.44. The Morgan fingerprint density at radius 2 is 2.53 bits per heavy atom. The molecule has 0 bridgehead atoms. The van der Waals surface area contributed by atoms with Crippen molar-refractivity contribution in [3.05, 3.63) is 16.7 Å².